The molecule has 1 heterocycles. The highest BCUT2D eigenvalue weighted by molar-refractivity contribution is 7.87. The van der Waals surface area contributed by atoms with Crippen LogP contribution in [0.5, 0.6) is 5.75 Å². The molecule has 0 bridgehead atoms. The fraction of sp³-hybridized carbons (Fsp3) is 0.458. The van der Waals surface area contributed by atoms with Gasteiger partial charge in [-0.1, -0.05) is 36.7 Å². The zero-order valence-electron chi connectivity index (χ0n) is 18.9. The molecule has 1 fully saturated rings. The van der Waals surface area contributed by atoms with E-state index in [9.17, 15) is 13.2 Å². The minimum atomic E-state index is -4.06. The summed E-state index contributed by atoms with van der Waals surface area (Å²) in [5.41, 5.74) is 1.47. The summed E-state index contributed by atoms with van der Waals surface area (Å²) in [5, 5.41) is 0.119. The summed E-state index contributed by atoms with van der Waals surface area (Å²) in [6.45, 7) is 8.75. The molecule has 174 valence electrons. The number of piperidine rings is 1. The third kappa shape index (κ3) is 6.17. The fourth-order valence-corrected chi connectivity index (χ4v) is 5.13. The normalized spacial score (nSPS) is 15.5. The standard InChI is InChI=1S/C24H30ClNO5S/c1-5-17-14-19(18-10-12-26(13-11-18)23(27)30-24(2,3)4)16-20(15-17)31-32(28,29)22-9-7-6-8-21(22)25/h6-9,14-16,18H,5,10-13H2,1-4H3. The molecular weight excluding hydrogens is 450 g/mol. The minimum Gasteiger partial charge on any atom is -0.444 e. The van der Waals surface area contributed by atoms with Crippen LogP contribution in [0.3, 0.4) is 0 Å². The van der Waals surface area contributed by atoms with E-state index in [1.807, 2.05) is 27.7 Å². The molecule has 1 saturated heterocycles. The molecule has 6 nitrogen and oxygen atoms in total. The van der Waals surface area contributed by atoms with Gasteiger partial charge in [-0.25, -0.2) is 4.79 Å². The van der Waals surface area contributed by atoms with E-state index in [0.717, 1.165) is 30.4 Å². The molecule has 0 unspecified atom stereocenters. The number of carbonyl (C=O) groups is 1. The summed E-state index contributed by atoms with van der Waals surface area (Å²) in [5.74, 6) is 0.472. The molecule has 0 spiro atoms. The Morgan fingerprint density at radius 1 is 1.12 bits per heavy atom. The molecule has 0 aromatic heterocycles. The summed E-state index contributed by atoms with van der Waals surface area (Å²) in [7, 11) is -4.06. The van der Waals surface area contributed by atoms with Gasteiger partial charge in [0.1, 0.15) is 16.2 Å². The van der Waals surface area contributed by atoms with Gasteiger partial charge in [-0.2, -0.15) is 8.42 Å². The van der Waals surface area contributed by atoms with Crippen molar-refractivity contribution in [2.24, 2.45) is 0 Å². The number of ether oxygens (including phenoxy) is 1. The van der Waals surface area contributed by atoms with Crippen LogP contribution in [0.4, 0.5) is 4.79 Å². The first-order valence-corrected chi connectivity index (χ1v) is 12.6. The van der Waals surface area contributed by atoms with Gasteiger partial charge >= 0.3 is 16.2 Å². The largest absolute Gasteiger partial charge is 0.444 e. The topological polar surface area (TPSA) is 72.9 Å². The zero-order valence-corrected chi connectivity index (χ0v) is 20.5. The van der Waals surface area contributed by atoms with Crippen molar-refractivity contribution >= 4 is 27.8 Å². The monoisotopic (exact) mass is 479 g/mol. The van der Waals surface area contributed by atoms with E-state index in [1.54, 1.807) is 29.2 Å². The first kappa shape index (κ1) is 24.4. The summed E-state index contributed by atoms with van der Waals surface area (Å²) < 4.78 is 36.5. The van der Waals surface area contributed by atoms with E-state index < -0.39 is 15.7 Å². The molecule has 0 N–H and O–H groups in total. The van der Waals surface area contributed by atoms with Crippen molar-refractivity contribution in [3.8, 4) is 5.75 Å². The maximum atomic E-state index is 12.8. The molecule has 8 heteroatoms. The van der Waals surface area contributed by atoms with Gasteiger partial charge in [0.15, 0.2) is 0 Å². The lowest BCUT2D eigenvalue weighted by Crippen LogP contribution is -2.41. The van der Waals surface area contributed by atoms with Gasteiger partial charge in [-0.3, -0.25) is 0 Å². The second-order valence-corrected chi connectivity index (χ2v) is 10.9. The number of halogens is 1. The van der Waals surface area contributed by atoms with Crippen LogP contribution in [0, 0.1) is 0 Å². The highest BCUT2D eigenvalue weighted by atomic mass is 35.5. The van der Waals surface area contributed by atoms with Crippen molar-refractivity contribution in [3.63, 3.8) is 0 Å². The third-order valence-corrected chi connectivity index (χ3v) is 7.08. The Kier molecular flexibility index (Phi) is 7.40. The fourth-order valence-electron chi connectivity index (χ4n) is 3.71. The van der Waals surface area contributed by atoms with Crippen LogP contribution in [0.25, 0.3) is 0 Å². The van der Waals surface area contributed by atoms with E-state index in [1.165, 1.54) is 12.1 Å². The van der Waals surface area contributed by atoms with Crippen molar-refractivity contribution in [3.05, 3.63) is 58.6 Å². The summed E-state index contributed by atoms with van der Waals surface area (Å²) in [6, 6.07) is 11.8. The second kappa shape index (κ2) is 9.71. The number of nitrogens with zero attached hydrogens (tertiary/aromatic N) is 1. The molecule has 32 heavy (non-hydrogen) atoms. The van der Waals surface area contributed by atoms with Crippen molar-refractivity contribution < 1.29 is 22.1 Å². The number of hydrogen-bond acceptors (Lipinski definition) is 5. The smallest absolute Gasteiger partial charge is 0.410 e. The Hall–Kier alpha value is -2.25. The highest BCUT2D eigenvalue weighted by Crippen LogP contribution is 2.33. The van der Waals surface area contributed by atoms with Crippen molar-refractivity contribution in [2.75, 3.05) is 13.1 Å². The van der Waals surface area contributed by atoms with E-state index >= 15 is 0 Å². The van der Waals surface area contributed by atoms with Crippen molar-refractivity contribution in [1.29, 1.82) is 0 Å². The van der Waals surface area contributed by atoms with Crippen LogP contribution >= 0.6 is 11.6 Å². The molecular formula is C24H30ClNO5S. The Balaban J connectivity index is 1.76. The van der Waals surface area contributed by atoms with Crippen molar-refractivity contribution in [1.82, 2.24) is 4.90 Å². The molecule has 0 radical (unpaired) electrons. The Morgan fingerprint density at radius 2 is 1.78 bits per heavy atom. The van der Waals surface area contributed by atoms with Gasteiger partial charge < -0.3 is 13.8 Å². The van der Waals surface area contributed by atoms with Crippen LogP contribution in [0.1, 0.15) is 57.6 Å². The molecule has 2 aromatic rings. The Bertz CT molecular complexity index is 1070. The molecule has 3 rings (SSSR count). The number of aryl methyl sites for hydroxylation is 1. The van der Waals surface area contributed by atoms with Crippen LogP contribution in [0.15, 0.2) is 47.4 Å². The molecule has 0 atom stereocenters. The van der Waals surface area contributed by atoms with Crippen molar-refractivity contribution in [2.45, 2.75) is 63.4 Å². The van der Waals surface area contributed by atoms with Gasteiger partial charge in [0.25, 0.3) is 0 Å². The van der Waals surface area contributed by atoms with Crippen LogP contribution in [-0.2, 0) is 21.3 Å². The SMILES string of the molecule is CCc1cc(OS(=O)(=O)c2ccccc2Cl)cc(C2CCN(C(=O)OC(C)(C)C)CC2)c1. The maximum absolute atomic E-state index is 12.8. The third-order valence-electron chi connectivity index (χ3n) is 5.33. The lowest BCUT2D eigenvalue weighted by Gasteiger charge is -2.33. The van der Waals surface area contributed by atoms with Crippen LogP contribution < -0.4 is 4.18 Å². The molecule has 2 aromatic carbocycles. The number of likely N-dealkylation sites (tertiary alicyclic amines) is 1. The molecule has 0 saturated carbocycles. The van der Waals surface area contributed by atoms with E-state index in [-0.39, 0.29) is 27.7 Å². The lowest BCUT2D eigenvalue weighted by atomic mass is 9.88. The summed E-state index contributed by atoms with van der Waals surface area (Å²) >= 11 is 6.06. The molecule has 0 aliphatic carbocycles. The maximum Gasteiger partial charge on any atom is 0.410 e. The average molecular weight is 480 g/mol. The number of hydrogen-bond donors (Lipinski definition) is 0. The highest BCUT2D eigenvalue weighted by Gasteiger charge is 2.28. The van der Waals surface area contributed by atoms with Gasteiger partial charge in [-0.15, -0.1) is 0 Å². The quantitative estimate of drug-likeness (QED) is 0.508. The number of amides is 1. The minimum absolute atomic E-state index is 0.0595. The predicted molar refractivity (Wildman–Crippen MR) is 125 cm³/mol. The first-order chi connectivity index (χ1) is 15.0. The van der Waals surface area contributed by atoms with E-state index in [4.69, 9.17) is 20.5 Å². The Labute approximate surface area is 195 Å². The van der Waals surface area contributed by atoms with Crippen LogP contribution in [-0.4, -0.2) is 38.1 Å². The van der Waals surface area contributed by atoms with E-state index in [0.29, 0.717) is 13.1 Å². The zero-order chi connectivity index (χ0) is 23.5. The second-order valence-electron chi connectivity index (χ2n) is 8.97. The average Bonchev–Trinajstić information content (AvgIpc) is 2.72. The summed E-state index contributed by atoms with van der Waals surface area (Å²) in [4.78, 5) is 14.0. The van der Waals surface area contributed by atoms with Crippen LogP contribution in [0.2, 0.25) is 5.02 Å². The predicted octanol–water partition coefficient (Wildman–Crippen LogP) is 5.78. The summed E-state index contributed by atoms with van der Waals surface area (Å²) in [6.07, 6.45) is 1.98. The van der Waals surface area contributed by atoms with E-state index in [2.05, 4.69) is 6.07 Å². The first-order valence-electron chi connectivity index (χ1n) is 10.8. The van der Waals surface area contributed by atoms with Gasteiger partial charge in [0.05, 0.1) is 5.02 Å². The lowest BCUT2D eigenvalue weighted by molar-refractivity contribution is 0.0204. The molecule has 1 aliphatic rings. The molecule has 1 amide bonds. The van der Waals surface area contributed by atoms with Gasteiger partial charge in [-0.05, 0) is 81.3 Å². The number of carbonyl (C=O) groups excluding carboxylic acids is 1. The Morgan fingerprint density at radius 3 is 2.38 bits per heavy atom. The van der Waals surface area contributed by atoms with Gasteiger partial charge in [0, 0.05) is 13.1 Å². The number of benzene rings is 2. The molecule has 1 aliphatic heterocycles. The number of rotatable bonds is 5. The van der Waals surface area contributed by atoms with Gasteiger partial charge in [0.2, 0.25) is 0 Å².